The Morgan fingerprint density at radius 1 is 1.43 bits per heavy atom. The van der Waals surface area contributed by atoms with E-state index in [9.17, 15) is 4.79 Å². The largest absolute Gasteiger partial charge is 0.492 e. The van der Waals surface area contributed by atoms with Crippen LogP contribution in [0.1, 0.15) is 6.92 Å². The molecule has 1 aromatic heterocycles. The van der Waals surface area contributed by atoms with E-state index in [1.54, 1.807) is 24.0 Å². The van der Waals surface area contributed by atoms with Crippen LogP contribution >= 0.6 is 24.8 Å². The Balaban J connectivity index is 0.00000242. The summed E-state index contributed by atoms with van der Waals surface area (Å²) in [5.74, 6) is 0.368. The van der Waals surface area contributed by atoms with Crippen molar-refractivity contribution in [2.45, 2.75) is 13.5 Å². The Morgan fingerprint density at radius 3 is 2.87 bits per heavy atom. The van der Waals surface area contributed by atoms with E-state index in [1.165, 1.54) is 6.33 Å². The van der Waals surface area contributed by atoms with E-state index in [4.69, 9.17) is 10.5 Å². The maximum absolute atomic E-state index is 11.8. The first kappa shape index (κ1) is 21.2. The number of benzene rings is 1. The average molecular weight is 362 g/mol. The molecule has 9 heteroatoms. The zero-order valence-corrected chi connectivity index (χ0v) is 14.3. The van der Waals surface area contributed by atoms with Gasteiger partial charge in [0.2, 0.25) is 5.91 Å². The lowest BCUT2D eigenvalue weighted by Gasteiger charge is -2.11. The molecule has 0 saturated carbocycles. The highest BCUT2D eigenvalue weighted by Crippen LogP contribution is 2.18. The SMILES string of the molecule is CC(CN)C(=O)Nc1cccc(OCCn2cncn2)c1.Cl.Cl. The molecular weight excluding hydrogens is 341 g/mol. The molecule has 3 N–H and O–H groups in total. The number of hydrogen-bond acceptors (Lipinski definition) is 5. The summed E-state index contributed by atoms with van der Waals surface area (Å²) in [4.78, 5) is 15.6. The topological polar surface area (TPSA) is 95.1 Å². The van der Waals surface area contributed by atoms with E-state index in [-0.39, 0.29) is 36.6 Å². The number of anilines is 1. The van der Waals surface area contributed by atoms with Gasteiger partial charge in [-0.1, -0.05) is 13.0 Å². The van der Waals surface area contributed by atoms with Gasteiger partial charge in [0.05, 0.1) is 6.54 Å². The van der Waals surface area contributed by atoms with Crippen molar-refractivity contribution in [2.75, 3.05) is 18.5 Å². The number of carbonyl (C=O) groups is 1. The average Bonchev–Trinajstić information content (AvgIpc) is 3.00. The van der Waals surface area contributed by atoms with Crippen LogP contribution in [0.4, 0.5) is 5.69 Å². The van der Waals surface area contributed by atoms with Crippen LogP contribution in [0.25, 0.3) is 0 Å². The second-order valence-corrected chi connectivity index (χ2v) is 4.66. The van der Waals surface area contributed by atoms with E-state index in [1.807, 2.05) is 18.2 Å². The Morgan fingerprint density at radius 2 is 2.22 bits per heavy atom. The molecule has 2 aromatic rings. The van der Waals surface area contributed by atoms with Gasteiger partial charge in [-0.3, -0.25) is 4.79 Å². The van der Waals surface area contributed by atoms with E-state index in [0.717, 1.165) is 0 Å². The number of ether oxygens (including phenoxy) is 1. The monoisotopic (exact) mass is 361 g/mol. The molecular formula is C14H21Cl2N5O2. The summed E-state index contributed by atoms with van der Waals surface area (Å²) in [6, 6.07) is 7.25. The molecule has 1 heterocycles. The summed E-state index contributed by atoms with van der Waals surface area (Å²) < 4.78 is 7.31. The molecule has 7 nitrogen and oxygen atoms in total. The summed E-state index contributed by atoms with van der Waals surface area (Å²) in [6.45, 7) is 3.19. The molecule has 2 rings (SSSR count). The van der Waals surface area contributed by atoms with Crippen molar-refractivity contribution in [3.05, 3.63) is 36.9 Å². The van der Waals surface area contributed by atoms with Crippen LogP contribution in [0.3, 0.4) is 0 Å². The molecule has 128 valence electrons. The molecule has 1 amide bonds. The van der Waals surface area contributed by atoms with Gasteiger partial charge in [-0.25, -0.2) is 9.67 Å². The van der Waals surface area contributed by atoms with Crippen LogP contribution in [-0.2, 0) is 11.3 Å². The molecule has 1 aromatic carbocycles. The summed E-state index contributed by atoms with van der Waals surface area (Å²) in [7, 11) is 0. The first-order valence-electron chi connectivity index (χ1n) is 6.75. The van der Waals surface area contributed by atoms with Crippen molar-refractivity contribution in [2.24, 2.45) is 11.7 Å². The number of rotatable bonds is 7. The third-order valence-electron chi connectivity index (χ3n) is 2.96. The lowest BCUT2D eigenvalue weighted by atomic mass is 10.1. The zero-order valence-electron chi connectivity index (χ0n) is 12.7. The van der Waals surface area contributed by atoms with Crippen LogP contribution < -0.4 is 15.8 Å². The van der Waals surface area contributed by atoms with Gasteiger partial charge in [0.25, 0.3) is 0 Å². The highest BCUT2D eigenvalue weighted by molar-refractivity contribution is 5.92. The highest BCUT2D eigenvalue weighted by Gasteiger charge is 2.10. The van der Waals surface area contributed by atoms with Crippen molar-refractivity contribution in [3.8, 4) is 5.75 Å². The molecule has 0 bridgehead atoms. The fourth-order valence-electron chi connectivity index (χ4n) is 1.64. The van der Waals surface area contributed by atoms with Crippen LogP contribution in [0.5, 0.6) is 5.75 Å². The first-order chi connectivity index (χ1) is 10.2. The number of aromatic nitrogens is 3. The van der Waals surface area contributed by atoms with Gasteiger partial charge in [0.1, 0.15) is 25.0 Å². The number of amides is 1. The fourth-order valence-corrected chi connectivity index (χ4v) is 1.64. The normalized spacial score (nSPS) is 10.9. The van der Waals surface area contributed by atoms with Gasteiger partial charge in [0.15, 0.2) is 0 Å². The summed E-state index contributed by atoms with van der Waals surface area (Å²) >= 11 is 0. The van der Waals surface area contributed by atoms with Crippen molar-refractivity contribution in [1.29, 1.82) is 0 Å². The van der Waals surface area contributed by atoms with Gasteiger partial charge in [-0.2, -0.15) is 5.10 Å². The van der Waals surface area contributed by atoms with Crippen LogP contribution in [0.2, 0.25) is 0 Å². The number of nitrogens with one attached hydrogen (secondary N) is 1. The van der Waals surface area contributed by atoms with Crippen molar-refractivity contribution >= 4 is 36.4 Å². The molecule has 0 fully saturated rings. The molecule has 0 aliphatic rings. The summed E-state index contributed by atoms with van der Waals surface area (Å²) in [6.07, 6.45) is 3.11. The predicted octanol–water partition coefficient (Wildman–Crippen LogP) is 1.73. The minimum Gasteiger partial charge on any atom is -0.492 e. The molecule has 0 aliphatic carbocycles. The quantitative estimate of drug-likeness (QED) is 0.782. The Bertz CT molecular complexity index is 580. The highest BCUT2D eigenvalue weighted by atomic mass is 35.5. The summed E-state index contributed by atoms with van der Waals surface area (Å²) in [5, 5.41) is 6.80. The number of halogens is 2. The third-order valence-corrected chi connectivity index (χ3v) is 2.96. The minimum atomic E-state index is -0.220. The lowest BCUT2D eigenvalue weighted by Crippen LogP contribution is -2.26. The number of hydrogen-bond donors (Lipinski definition) is 2. The standard InChI is InChI=1S/C14H19N5O2.2ClH/c1-11(8-15)14(20)18-12-3-2-4-13(7-12)21-6-5-19-10-16-9-17-19;;/h2-4,7,9-11H,5-6,8,15H2,1H3,(H,18,20);2*1H. The van der Waals surface area contributed by atoms with Gasteiger partial charge < -0.3 is 15.8 Å². The predicted molar refractivity (Wildman–Crippen MR) is 93.3 cm³/mol. The van der Waals surface area contributed by atoms with E-state index < -0.39 is 0 Å². The molecule has 0 saturated heterocycles. The van der Waals surface area contributed by atoms with Crippen LogP contribution in [-0.4, -0.2) is 33.8 Å². The molecule has 0 aliphatic heterocycles. The van der Waals surface area contributed by atoms with Gasteiger partial charge in [-0.05, 0) is 12.1 Å². The van der Waals surface area contributed by atoms with Crippen LogP contribution in [0.15, 0.2) is 36.9 Å². The maximum Gasteiger partial charge on any atom is 0.228 e. The molecule has 0 spiro atoms. The minimum absolute atomic E-state index is 0. The first-order valence-corrected chi connectivity index (χ1v) is 6.75. The molecule has 23 heavy (non-hydrogen) atoms. The van der Waals surface area contributed by atoms with E-state index >= 15 is 0 Å². The lowest BCUT2D eigenvalue weighted by molar-refractivity contribution is -0.119. The van der Waals surface area contributed by atoms with E-state index in [2.05, 4.69) is 15.4 Å². The number of nitrogens with zero attached hydrogens (tertiary/aromatic N) is 3. The zero-order chi connectivity index (χ0) is 15.1. The molecule has 1 unspecified atom stereocenters. The Kier molecular flexibility index (Phi) is 9.96. The number of carbonyl (C=O) groups excluding carboxylic acids is 1. The van der Waals surface area contributed by atoms with E-state index in [0.29, 0.717) is 31.1 Å². The van der Waals surface area contributed by atoms with Gasteiger partial charge >= 0.3 is 0 Å². The molecule has 0 radical (unpaired) electrons. The van der Waals surface area contributed by atoms with Crippen molar-refractivity contribution < 1.29 is 9.53 Å². The second-order valence-electron chi connectivity index (χ2n) is 4.66. The Hall–Kier alpha value is -1.83. The summed E-state index contributed by atoms with van der Waals surface area (Å²) in [5.41, 5.74) is 6.16. The van der Waals surface area contributed by atoms with Crippen molar-refractivity contribution in [3.63, 3.8) is 0 Å². The smallest absolute Gasteiger partial charge is 0.228 e. The van der Waals surface area contributed by atoms with Crippen LogP contribution in [0, 0.1) is 5.92 Å². The van der Waals surface area contributed by atoms with Crippen molar-refractivity contribution in [1.82, 2.24) is 14.8 Å². The van der Waals surface area contributed by atoms with Gasteiger partial charge in [-0.15, -0.1) is 24.8 Å². The maximum atomic E-state index is 11.8. The number of nitrogens with two attached hydrogens (primary N) is 1. The van der Waals surface area contributed by atoms with Gasteiger partial charge in [0, 0.05) is 24.2 Å². The Labute approximate surface area is 147 Å². The molecule has 1 atom stereocenters. The third kappa shape index (κ3) is 6.85. The fraction of sp³-hybridized carbons (Fsp3) is 0.357. The second kappa shape index (κ2) is 10.8.